The Morgan fingerprint density at radius 3 is 2.43 bits per heavy atom. The highest BCUT2D eigenvalue weighted by Crippen LogP contribution is 2.35. The number of hydrogen-bond donors (Lipinski definition) is 0. The summed E-state index contributed by atoms with van der Waals surface area (Å²) >= 11 is 0. The van der Waals surface area contributed by atoms with Gasteiger partial charge in [0.2, 0.25) is 0 Å². The molecule has 124 valence electrons. The van der Waals surface area contributed by atoms with Gasteiger partial charge in [-0.05, 0) is 36.2 Å². The first kappa shape index (κ1) is 17.5. The van der Waals surface area contributed by atoms with Crippen LogP contribution in [0.15, 0.2) is 30.8 Å². The van der Waals surface area contributed by atoms with Gasteiger partial charge in [0, 0.05) is 5.56 Å². The van der Waals surface area contributed by atoms with Crippen molar-refractivity contribution in [1.82, 2.24) is 0 Å². The van der Waals surface area contributed by atoms with Gasteiger partial charge in [-0.25, -0.2) is 4.79 Å². The Kier molecular flexibility index (Phi) is 5.75. The minimum absolute atomic E-state index is 0.150. The molecule has 2 rings (SSSR count). The molecule has 0 aliphatic heterocycles. The highest BCUT2D eigenvalue weighted by molar-refractivity contribution is 6.40. The van der Waals surface area contributed by atoms with Crippen molar-refractivity contribution in [3.05, 3.63) is 42.0 Å². The van der Waals surface area contributed by atoms with E-state index in [1.807, 2.05) is 0 Å². The number of hydrogen-bond acceptors (Lipinski definition) is 3. The molecule has 1 aromatic rings. The molecular weight excluding hydrogens is 288 g/mol. The SMILES string of the molecule is C=Cc1ccc(C(=O)C(=O)OC2CC(C)CCC2C(C)C)cc1. The fourth-order valence-corrected chi connectivity index (χ4v) is 3.33. The topological polar surface area (TPSA) is 43.4 Å². The van der Waals surface area contributed by atoms with Gasteiger partial charge in [-0.3, -0.25) is 4.79 Å². The van der Waals surface area contributed by atoms with E-state index in [1.165, 1.54) is 0 Å². The predicted octanol–water partition coefficient (Wildman–Crippen LogP) is 4.52. The maximum atomic E-state index is 12.3. The third-order valence-corrected chi connectivity index (χ3v) is 4.81. The van der Waals surface area contributed by atoms with Crippen LogP contribution in [-0.2, 0) is 9.53 Å². The van der Waals surface area contributed by atoms with Crippen molar-refractivity contribution in [2.24, 2.45) is 17.8 Å². The van der Waals surface area contributed by atoms with Gasteiger partial charge in [-0.2, -0.15) is 0 Å². The molecule has 1 saturated carbocycles. The average molecular weight is 314 g/mol. The maximum Gasteiger partial charge on any atom is 0.379 e. The Bertz CT molecular complexity index is 571. The van der Waals surface area contributed by atoms with E-state index in [4.69, 9.17) is 4.74 Å². The summed E-state index contributed by atoms with van der Waals surface area (Å²) in [6.45, 7) is 10.1. The molecule has 1 fully saturated rings. The Morgan fingerprint density at radius 1 is 1.22 bits per heavy atom. The van der Waals surface area contributed by atoms with Crippen molar-refractivity contribution >= 4 is 17.8 Å². The zero-order valence-corrected chi connectivity index (χ0v) is 14.2. The minimum Gasteiger partial charge on any atom is -0.456 e. The molecule has 3 atom stereocenters. The van der Waals surface area contributed by atoms with Gasteiger partial charge < -0.3 is 4.74 Å². The molecule has 3 nitrogen and oxygen atoms in total. The van der Waals surface area contributed by atoms with Gasteiger partial charge in [-0.15, -0.1) is 0 Å². The molecule has 0 aromatic heterocycles. The van der Waals surface area contributed by atoms with E-state index in [9.17, 15) is 9.59 Å². The molecule has 1 aromatic carbocycles. The highest BCUT2D eigenvalue weighted by Gasteiger charge is 2.34. The fourth-order valence-electron chi connectivity index (χ4n) is 3.33. The van der Waals surface area contributed by atoms with Gasteiger partial charge in [0.05, 0.1) is 0 Å². The van der Waals surface area contributed by atoms with E-state index >= 15 is 0 Å². The van der Waals surface area contributed by atoms with E-state index in [-0.39, 0.29) is 6.10 Å². The highest BCUT2D eigenvalue weighted by atomic mass is 16.5. The molecule has 3 heteroatoms. The quantitative estimate of drug-likeness (QED) is 0.456. The number of carbonyl (C=O) groups excluding carboxylic acids is 2. The fraction of sp³-hybridized carbons (Fsp3) is 0.500. The minimum atomic E-state index is -0.735. The molecular formula is C20H26O3. The summed E-state index contributed by atoms with van der Waals surface area (Å²) in [6, 6.07) is 6.83. The first-order valence-corrected chi connectivity index (χ1v) is 8.40. The van der Waals surface area contributed by atoms with Crippen LogP contribution in [0.4, 0.5) is 0 Å². The van der Waals surface area contributed by atoms with Crippen LogP contribution in [0.25, 0.3) is 6.08 Å². The normalized spacial score (nSPS) is 24.3. The predicted molar refractivity (Wildman–Crippen MR) is 92.1 cm³/mol. The van der Waals surface area contributed by atoms with E-state index < -0.39 is 11.8 Å². The second-order valence-electron chi connectivity index (χ2n) is 6.93. The first-order valence-electron chi connectivity index (χ1n) is 8.40. The molecule has 0 amide bonds. The summed E-state index contributed by atoms with van der Waals surface area (Å²) < 4.78 is 5.60. The average Bonchev–Trinajstić information content (AvgIpc) is 2.54. The summed E-state index contributed by atoms with van der Waals surface area (Å²) in [6.07, 6.45) is 4.61. The Balaban J connectivity index is 2.06. The second kappa shape index (κ2) is 7.58. The molecule has 23 heavy (non-hydrogen) atoms. The van der Waals surface area contributed by atoms with Crippen LogP contribution in [0, 0.1) is 17.8 Å². The van der Waals surface area contributed by atoms with Gasteiger partial charge in [0.25, 0.3) is 5.78 Å². The lowest BCUT2D eigenvalue weighted by molar-refractivity contribution is -0.149. The number of Topliss-reactive ketones (excluding diaryl/α,β-unsaturated/α-hetero) is 1. The Hall–Kier alpha value is -1.90. The third kappa shape index (κ3) is 4.31. The van der Waals surface area contributed by atoms with Crippen molar-refractivity contribution < 1.29 is 14.3 Å². The number of esters is 1. The molecule has 0 saturated heterocycles. The largest absolute Gasteiger partial charge is 0.456 e. The van der Waals surface area contributed by atoms with E-state index in [0.29, 0.717) is 23.3 Å². The summed E-state index contributed by atoms with van der Waals surface area (Å²) in [4.78, 5) is 24.5. The smallest absolute Gasteiger partial charge is 0.379 e. The zero-order chi connectivity index (χ0) is 17.0. The lowest BCUT2D eigenvalue weighted by Gasteiger charge is -2.36. The number of benzene rings is 1. The van der Waals surface area contributed by atoms with Crippen molar-refractivity contribution in [2.45, 2.75) is 46.1 Å². The molecule has 0 bridgehead atoms. The van der Waals surface area contributed by atoms with Gasteiger partial charge in [0.15, 0.2) is 0 Å². The summed E-state index contributed by atoms with van der Waals surface area (Å²) in [5, 5.41) is 0. The van der Waals surface area contributed by atoms with Crippen molar-refractivity contribution in [2.75, 3.05) is 0 Å². The summed E-state index contributed by atoms with van der Waals surface area (Å²) in [5.74, 6) is 0.0144. The molecule has 1 aliphatic carbocycles. The van der Waals surface area contributed by atoms with E-state index in [0.717, 1.165) is 24.8 Å². The number of carbonyl (C=O) groups is 2. The van der Waals surface area contributed by atoms with E-state index in [1.54, 1.807) is 30.3 Å². The summed E-state index contributed by atoms with van der Waals surface area (Å²) in [5.41, 5.74) is 1.28. The van der Waals surface area contributed by atoms with Crippen LogP contribution in [0.5, 0.6) is 0 Å². The summed E-state index contributed by atoms with van der Waals surface area (Å²) in [7, 11) is 0. The van der Waals surface area contributed by atoms with Crippen LogP contribution in [0.3, 0.4) is 0 Å². The molecule has 0 radical (unpaired) electrons. The Morgan fingerprint density at radius 2 is 1.87 bits per heavy atom. The van der Waals surface area contributed by atoms with Crippen LogP contribution < -0.4 is 0 Å². The number of ketones is 1. The van der Waals surface area contributed by atoms with Gasteiger partial charge in [-0.1, -0.05) is 64.1 Å². The molecule has 3 unspecified atom stereocenters. The van der Waals surface area contributed by atoms with Crippen molar-refractivity contribution in [3.8, 4) is 0 Å². The molecule has 0 N–H and O–H groups in total. The third-order valence-electron chi connectivity index (χ3n) is 4.81. The standard InChI is InChI=1S/C20H26O3/c1-5-15-7-9-16(10-8-15)19(21)20(22)23-18-12-14(4)6-11-17(18)13(2)3/h5,7-10,13-14,17-18H,1,6,11-12H2,2-4H3. The van der Waals surface area contributed by atoms with Gasteiger partial charge in [0.1, 0.15) is 6.10 Å². The van der Waals surface area contributed by atoms with Crippen LogP contribution >= 0.6 is 0 Å². The van der Waals surface area contributed by atoms with Crippen molar-refractivity contribution in [3.63, 3.8) is 0 Å². The van der Waals surface area contributed by atoms with Crippen LogP contribution in [0.2, 0.25) is 0 Å². The Labute approximate surface area is 138 Å². The lowest BCUT2D eigenvalue weighted by atomic mass is 9.75. The molecule has 0 heterocycles. The number of ether oxygens (including phenoxy) is 1. The van der Waals surface area contributed by atoms with Crippen molar-refractivity contribution in [1.29, 1.82) is 0 Å². The maximum absolute atomic E-state index is 12.3. The second-order valence-corrected chi connectivity index (χ2v) is 6.93. The lowest BCUT2D eigenvalue weighted by Crippen LogP contribution is -2.37. The van der Waals surface area contributed by atoms with Crippen LogP contribution in [-0.4, -0.2) is 17.9 Å². The van der Waals surface area contributed by atoms with Gasteiger partial charge >= 0.3 is 5.97 Å². The number of rotatable bonds is 5. The van der Waals surface area contributed by atoms with Crippen LogP contribution in [0.1, 0.15) is 56.0 Å². The first-order chi connectivity index (χ1) is 10.9. The molecule has 0 spiro atoms. The monoisotopic (exact) mass is 314 g/mol. The molecule has 1 aliphatic rings. The zero-order valence-electron chi connectivity index (χ0n) is 14.2. The van der Waals surface area contributed by atoms with E-state index in [2.05, 4.69) is 27.4 Å².